The zero-order chi connectivity index (χ0) is 31.5. The topological polar surface area (TPSA) is 146 Å². The van der Waals surface area contributed by atoms with E-state index in [1.807, 2.05) is 13.0 Å². The number of fused-ring (bicyclic) bond motifs is 1. The summed E-state index contributed by atoms with van der Waals surface area (Å²) in [5, 5.41) is 25.5. The number of carbonyl (C=O) groups is 2. The van der Waals surface area contributed by atoms with Crippen LogP contribution in [0.15, 0.2) is 24.4 Å². The summed E-state index contributed by atoms with van der Waals surface area (Å²) >= 11 is 12.5. The van der Waals surface area contributed by atoms with E-state index >= 15 is 0 Å². The van der Waals surface area contributed by atoms with Crippen LogP contribution < -0.4 is 10.2 Å². The number of halogens is 5. The number of carboxylic acids is 1. The Hall–Kier alpha value is -3.67. The van der Waals surface area contributed by atoms with Gasteiger partial charge in [0, 0.05) is 35.5 Å². The standard InChI is InChI=1S/C25H27Cl2N7O2.C2HF3O2/c1-14-13-33(9-7-21(14)36-25(35)19-4-3-8-29-19)22-12-30-23-20(11-28)32-34(24(23)31-22)15(2)17-6-5-16(26)10-18(17)27;3-2(4,5)1(6)7/h5-6,10,12,14-15,19,21,29H,3-4,7-9,13H2,1-2H3;(H,6,7)/t14-,15-,19+,21+;/m1./s1. The molecular weight excluding hydrogens is 614 g/mol. The lowest BCUT2D eigenvalue weighted by Crippen LogP contribution is -2.46. The van der Waals surface area contributed by atoms with Crippen LogP contribution in [-0.4, -0.2) is 74.7 Å². The Morgan fingerprint density at radius 1 is 1.28 bits per heavy atom. The number of aromatic nitrogens is 4. The molecule has 0 radical (unpaired) electrons. The van der Waals surface area contributed by atoms with Gasteiger partial charge in [0.2, 0.25) is 0 Å². The van der Waals surface area contributed by atoms with Gasteiger partial charge in [-0.05, 0) is 44.0 Å². The molecule has 5 rings (SSSR count). The van der Waals surface area contributed by atoms with Gasteiger partial charge in [-0.15, -0.1) is 0 Å². The highest BCUT2D eigenvalue weighted by Crippen LogP contribution is 2.32. The molecule has 4 atom stereocenters. The van der Waals surface area contributed by atoms with E-state index in [0.29, 0.717) is 46.5 Å². The first-order valence-electron chi connectivity index (χ1n) is 13.4. The largest absolute Gasteiger partial charge is 0.490 e. The van der Waals surface area contributed by atoms with Gasteiger partial charge in [-0.25, -0.2) is 19.4 Å². The molecule has 0 aliphatic carbocycles. The fraction of sp³-hybridized carbons (Fsp3) is 0.481. The second-order valence-electron chi connectivity index (χ2n) is 10.3. The van der Waals surface area contributed by atoms with Gasteiger partial charge in [0.25, 0.3) is 0 Å². The summed E-state index contributed by atoms with van der Waals surface area (Å²) in [6, 6.07) is 6.94. The molecule has 4 heterocycles. The number of nitriles is 1. The van der Waals surface area contributed by atoms with Gasteiger partial charge in [-0.3, -0.25) is 4.79 Å². The van der Waals surface area contributed by atoms with E-state index < -0.39 is 12.1 Å². The number of carbonyl (C=O) groups excluding carboxylic acids is 1. The minimum absolute atomic E-state index is 0.129. The molecule has 0 bridgehead atoms. The summed E-state index contributed by atoms with van der Waals surface area (Å²) < 4.78 is 39.3. The van der Waals surface area contributed by atoms with E-state index in [1.165, 1.54) is 0 Å². The lowest BCUT2D eigenvalue weighted by molar-refractivity contribution is -0.192. The third kappa shape index (κ3) is 7.46. The minimum Gasteiger partial charge on any atom is -0.475 e. The molecule has 1 aromatic carbocycles. The third-order valence-electron chi connectivity index (χ3n) is 7.28. The van der Waals surface area contributed by atoms with Crippen molar-refractivity contribution < 1.29 is 32.6 Å². The minimum atomic E-state index is -5.08. The van der Waals surface area contributed by atoms with E-state index in [9.17, 15) is 23.2 Å². The molecule has 2 fully saturated rings. The number of rotatable bonds is 5. The SMILES string of the molecule is C[C@@H]1CN(c2cnc3c(C#N)nn([C@H](C)c4ccc(Cl)cc4Cl)c3n2)CC[C@@H]1OC(=O)[C@@H]1CCCN1.O=C(O)C(F)(F)F. The second kappa shape index (κ2) is 13.3. The highest BCUT2D eigenvalue weighted by molar-refractivity contribution is 6.35. The summed E-state index contributed by atoms with van der Waals surface area (Å²) in [4.78, 5) is 32.9. The number of alkyl halides is 3. The molecule has 16 heteroatoms. The first-order chi connectivity index (χ1) is 20.3. The summed E-state index contributed by atoms with van der Waals surface area (Å²) in [5.74, 6) is -2.08. The van der Waals surface area contributed by atoms with Gasteiger partial charge in [-0.2, -0.15) is 23.5 Å². The molecule has 0 unspecified atom stereocenters. The Kier molecular flexibility index (Phi) is 9.99. The number of ether oxygens (including phenoxy) is 1. The van der Waals surface area contributed by atoms with Crippen LogP contribution in [0.2, 0.25) is 10.0 Å². The van der Waals surface area contributed by atoms with Crippen molar-refractivity contribution in [3.05, 3.63) is 45.7 Å². The Labute approximate surface area is 254 Å². The van der Waals surface area contributed by atoms with E-state index in [4.69, 9.17) is 42.8 Å². The Bertz CT molecular complexity index is 1540. The summed E-state index contributed by atoms with van der Waals surface area (Å²) in [5.41, 5.74) is 1.98. The van der Waals surface area contributed by atoms with Crippen LogP contribution in [0.1, 0.15) is 50.4 Å². The van der Waals surface area contributed by atoms with Crippen molar-refractivity contribution in [1.29, 1.82) is 5.26 Å². The maximum atomic E-state index is 12.5. The first kappa shape index (κ1) is 32.2. The molecule has 11 nitrogen and oxygen atoms in total. The fourth-order valence-corrected chi connectivity index (χ4v) is 5.56. The van der Waals surface area contributed by atoms with Gasteiger partial charge in [0.05, 0.1) is 12.2 Å². The van der Waals surface area contributed by atoms with Crippen LogP contribution in [0.25, 0.3) is 11.2 Å². The highest BCUT2D eigenvalue weighted by Gasteiger charge is 2.38. The first-order valence-corrected chi connectivity index (χ1v) is 14.1. The van der Waals surface area contributed by atoms with Gasteiger partial charge in [0.15, 0.2) is 11.3 Å². The summed E-state index contributed by atoms with van der Waals surface area (Å²) in [6.07, 6.45) is -0.993. The van der Waals surface area contributed by atoms with E-state index in [-0.39, 0.29) is 35.8 Å². The predicted molar refractivity (Wildman–Crippen MR) is 151 cm³/mol. The number of hydrogen-bond donors (Lipinski definition) is 2. The molecule has 230 valence electrons. The lowest BCUT2D eigenvalue weighted by Gasteiger charge is -2.37. The summed E-state index contributed by atoms with van der Waals surface area (Å²) in [7, 11) is 0. The van der Waals surface area contributed by atoms with Crippen LogP contribution >= 0.6 is 23.2 Å². The molecule has 0 spiro atoms. The van der Waals surface area contributed by atoms with Crippen molar-refractivity contribution in [1.82, 2.24) is 25.1 Å². The molecular formula is C27H28Cl2F3N7O4. The molecule has 2 aromatic heterocycles. The number of benzene rings is 1. The van der Waals surface area contributed by atoms with Crippen molar-refractivity contribution in [3.63, 3.8) is 0 Å². The van der Waals surface area contributed by atoms with Crippen LogP contribution in [0.4, 0.5) is 19.0 Å². The maximum absolute atomic E-state index is 12.5. The van der Waals surface area contributed by atoms with Crippen molar-refractivity contribution in [2.24, 2.45) is 5.92 Å². The number of nitrogens with zero attached hydrogens (tertiary/aromatic N) is 6. The molecule has 43 heavy (non-hydrogen) atoms. The number of aliphatic carboxylic acids is 1. The quantitative estimate of drug-likeness (QED) is 0.374. The highest BCUT2D eigenvalue weighted by atomic mass is 35.5. The number of esters is 1. The molecule has 2 aliphatic heterocycles. The zero-order valence-corrected chi connectivity index (χ0v) is 24.6. The molecule has 0 saturated carbocycles. The van der Waals surface area contributed by atoms with Crippen LogP contribution in [0.3, 0.4) is 0 Å². The van der Waals surface area contributed by atoms with Crippen molar-refractivity contribution >= 4 is 52.1 Å². The normalized spacial score (nSPS) is 21.1. The van der Waals surface area contributed by atoms with Gasteiger partial charge in [-0.1, -0.05) is 36.2 Å². The predicted octanol–water partition coefficient (Wildman–Crippen LogP) is 4.76. The van der Waals surface area contributed by atoms with Gasteiger partial charge >= 0.3 is 18.1 Å². The van der Waals surface area contributed by atoms with Crippen LogP contribution in [-0.2, 0) is 14.3 Å². The van der Waals surface area contributed by atoms with Crippen LogP contribution in [0.5, 0.6) is 0 Å². The molecule has 2 saturated heterocycles. The van der Waals surface area contributed by atoms with Crippen LogP contribution in [0, 0.1) is 17.2 Å². The smallest absolute Gasteiger partial charge is 0.475 e. The second-order valence-corrected chi connectivity index (χ2v) is 11.1. The average molecular weight is 642 g/mol. The zero-order valence-electron chi connectivity index (χ0n) is 23.1. The van der Waals surface area contributed by atoms with E-state index in [2.05, 4.69) is 33.3 Å². The third-order valence-corrected chi connectivity index (χ3v) is 7.84. The fourth-order valence-electron chi connectivity index (χ4n) is 4.99. The molecule has 0 amide bonds. The Morgan fingerprint density at radius 3 is 2.58 bits per heavy atom. The Balaban J connectivity index is 0.000000541. The average Bonchev–Trinajstić information content (AvgIpc) is 3.62. The number of anilines is 1. The monoisotopic (exact) mass is 641 g/mol. The number of carboxylic acid groups (broad SMARTS) is 1. The summed E-state index contributed by atoms with van der Waals surface area (Å²) in [6.45, 7) is 6.24. The number of nitrogens with one attached hydrogen (secondary N) is 1. The van der Waals surface area contributed by atoms with E-state index in [1.54, 1.807) is 23.0 Å². The van der Waals surface area contributed by atoms with Gasteiger partial charge < -0.3 is 20.1 Å². The van der Waals surface area contributed by atoms with Crippen molar-refractivity contribution in [2.75, 3.05) is 24.5 Å². The maximum Gasteiger partial charge on any atom is 0.490 e. The number of hydrogen-bond acceptors (Lipinski definition) is 9. The van der Waals surface area contributed by atoms with Gasteiger partial charge in [0.1, 0.15) is 29.5 Å². The van der Waals surface area contributed by atoms with Crippen molar-refractivity contribution in [2.45, 2.75) is 57.5 Å². The molecule has 3 aromatic rings. The van der Waals surface area contributed by atoms with Crippen molar-refractivity contribution in [3.8, 4) is 6.07 Å². The van der Waals surface area contributed by atoms with E-state index in [0.717, 1.165) is 24.9 Å². The number of piperidine rings is 1. The lowest BCUT2D eigenvalue weighted by atomic mass is 9.96. The molecule has 2 aliphatic rings. The Morgan fingerprint density at radius 2 is 2.00 bits per heavy atom. The molecule has 2 N–H and O–H groups in total.